The summed E-state index contributed by atoms with van der Waals surface area (Å²) >= 11 is 12.1. The van der Waals surface area contributed by atoms with Gasteiger partial charge >= 0.3 is 0 Å². The van der Waals surface area contributed by atoms with Crippen LogP contribution in [-0.2, 0) is 6.54 Å². The summed E-state index contributed by atoms with van der Waals surface area (Å²) in [6.07, 6.45) is 1.50. The number of hydrogen-bond donors (Lipinski definition) is 0. The lowest BCUT2D eigenvalue weighted by Crippen LogP contribution is -2.20. The van der Waals surface area contributed by atoms with Crippen molar-refractivity contribution in [2.45, 2.75) is 20.4 Å². The predicted molar refractivity (Wildman–Crippen MR) is 98.6 cm³/mol. The molecule has 0 aliphatic rings. The molecule has 5 nitrogen and oxygen atoms in total. The zero-order valence-electron chi connectivity index (χ0n) is 13.5. The van der Waals surface area contributed by atoms with Crippen molar-refractivity contribution >= 4 is 45.4 Å². The maximum Gasteiger partial charge on any atom is 0.297 e. The number of aromatic nitrogens is 3. The second kappa shape index (κ2) is 5.86. The maximum atomic E-state index is 12.8. The minimum absolute atomic E-state index is 0.198. The molecule has 0 aliphatic heterocycles. The van der Waals surface area contributed by atoms with E-state index in [1.54, 1.807) is 18.2 Å². The van der Waals surface area contributed by atoms with Crippen LogP contribution in [0.4, 0.5) is 0 Å². The summed E-state index contributed by atoms with van der Waals surface area (Å²) in [7, 11) is 0. The highest BCUT2D eigenvalue weighted by Crippen LogP contribution is 2.27. The normalized spacial score (nSPS) is 11.5. The fourth-order valence-corrected chi connectivity index (χ4v) is 3.42. The van der Waals surface area contributed by atoms with Gasteiger partial charge in [-0.1, -0.05) is 29.3 Å². The smallest absolute Gasteiger partial charge is 0.297 e. The fourth-order valence-electron chi connectivity index (χ4n) is 2.95. The molecule has 0 fully saturated rings. The van der Waals surface area contributed by atoms with Crippen molar-refractivity contribution in [2.24, 2.45) is 0 Å². The number of furan rings is 1. The van der Waals surface area contributed by atoms with E-state index in [0.29, 0.717) is 21.3 Å². The van der Waals surface area contributed by atoms with Crippen LogP contribution >= 0.6 is 23.2 Å². The van der Waals surface area contributed by atoms with Crippen molar-refractivity contribution in [3.8, 4) is 0 Å². The Balaban J connectivity index is 1.89. The quantitative estimate of drug-likeness (QED) is 0.518. The van der Waals surface area contributed by atoms with Gasteiger partial charge in [0.05, 0.1) is 18.3 Å². The molecule has 0 unspecified atom stereocenters. The molecule has 4 aromatic rings. The first-order valence-electron chi connectivity index (χ1n) is 7.64. The maximum absolute atomic E-state index is 12.8. The van der Waals surface area contributed by atoms with Crippen molar-refractivity contribution in [2.75, 3.05) is 0 Å². The number of nitrogens with zero attached hydrogens (tertiary/aromatic N) is 3. The van der Waals surface area contributed by atoms with Crippen LogP contribution in [0.5, 0.6) is 0 Å². The van der Waals surface area contributed by atoms with Crippen LogP contribution < -0.4 is 5.56 Å². The first kappa shape index (κ1) is 16.1. The fraction of sp³-hybridized carbons (Fsp3) is 0.167. The third kappa shape index (κ3) is 2.69. The summed E-state index contributed by atoms with van der Waals surface area (Å²) in [6.45, 7) is 4.11. The van der Waals surface area contributed by atoms with E-state index in [0.717, 1.165) is 22.2 Å². The van der Waals surface area contributed by atoms with Gasteiger partial charge in [-0.25, -0.2) is 9.97 Å². The molecular weight excluding hydrogens is 361 g/mol. The van der Waals surface area contributed by atoms with E-state index in [-0.39, 0.29) is 17.7 Å². The third-order valence-corrected chi connectivity index (χ3v) is 4.69. The zero-order chi connectivity index (χ0) is 17.7. The van der Waals surface area contributed by atoms with Crippen molar-refractivity contribution in [1.29, 1.82) is 0 Å². The molecule has 7 heteroatoms. The molecule has 4 rings (SSSR count). The molecule has 25 heavy (non-hydrogen) atoms. The highest BCUT2D eigenvalue weighted by atomic mass is 35.5. The second-order valence-electron chi connectivity index (χ2n) is 5.95. The topological polar surface area (TPSA) is 60.9 Å². The molecule has 3 aromatic heterocycles. The van der Waals surface area contributed by atoms with Crippen LogP contribution in [0.1, 0.15) is 16.8 Å². The standard InChI is InChI=1S/C18H13Cl2N3O2/c1-9-5-10(2)22-17-14(9)15-16(25-17)18(24)23(8-21-15)7-11-3-4-12(19)6-13(11)20/h3-6,8H,7H2,1-2H3. The molecule has 0 spiro atoms. The first-order valence-corrected chi connectivity index (χ1v) is 8.39. The Kier molecular flexibility index (Phi) is 3.78. The molecule has 3 heterocycles. The van der Waals surface area contributed by atoms with E-state index in [1.165, 1.54) is 10.9 Å². The number of rotatable bonds is 2. The molecule has 0 aliphatic carbocycles. The van der Waals surface area contributed by atoms with E-state index in [9.17, 15) is 4.79 Å². The van der Waals surface area contributed by atoms with Gasteiger partial charge in [0.25, 0.3) is 5.56 Å². The molecule has 0 bridgehead atoms. The Morgan fingerprint density at radius 3 is 2.76 bits per heavy atom. The summed E-state index contributed by atoms with van der Waals surface area (Å²) < 4.78 is 7.17. The van der Waals surface area contributed by atoms with Crippen LogP contribution in [0.2, 0.25) is 10.0 Å². The van der Waals surface area contributed by atoms with Crippen LogP contribution in [0.25, 0.3) is 22.2 Å². The largest absolute Gasteiger partial charge is 0.430 e. The summed E-state index contributed by atoms with van der Waals surface area (Å²) in [6, 6.07) is 7.11. The number of fused-ring (bicyclic) bond motifs is 3. The SMILES string of the molecule is Cc1cc(C)c2c(n1)oc1c(=O)n(Cc3ccc(Cl)cc3Cl)cnc12. The third-order valence-electron chi connectivity index (χ3n) is 4.10. The first-order chi connectivity index (χ1) is 11.9. The molecule has 0 atom stereocenters. The Bertz CT molecular complexity index is 1190. The van der Waals surface area contributed by atoms with Crippen LogP contribution in [0.15, 0.2) is 39.8 Å². The minimum atomic E-state index is -0.272. The number of hydrogen-bond acceptors (Lipinski definition) is 4. The minimum Gasteiger partial charge on any atom is -0.430 e. The summed E-state index contributed by atoms with van der Waals surface area (Å²) in [5, 5.41) is 1.82. The van der Waals surface area contributed by atoms with E-state index >= 15 is 0 Å². The number of pyridine rings is 1. The van der Waals surface area contributed by atoms with Crippen LogP contribution in [0, 0.1) is 13.8 Å². The average molecular weight is 374 g/mol. The van der Waals surface area contributed by atoms with E-state index in [2.05, 4.69) is 9.97 Å². The lowest BCUT2D eigenvalue weighted by atomic mass is 10.1. The van der Waals surface area contributed by atoms with Crippen molar-refractivity contribution in [1.82, 2.24) is 14.5 Å². The van der Waals surface area contributed by atoms with Gasteiger partial charge in [0, 0.05) is 15.7 Å². The highest BCUT2D eigenvalue weighted by Gasteiger charge is 2.17. The molecule has 0 amide bonds. The Hall–Kier alpha value is -2.37. The number of halogens is 2. The van der Waals surface area contributed by atoms with Crippen molar-refractivity contribution < 1.29 is 4.42 Å². The zero-order valence-corrected chi connectivity index (χ0v) is 15.0. The van der Waals surface area contributed by atoms with Crippen LogP contribution in [-0.4, -0.2) is 14.5 Å². The van der Waals surface area contributed by atoms with Crippen molar-refractivity contribution in [3.63, 3.8) is 0 Å². The van der Waals surface area contributed by atoms with Gasteiger partial charge in [-0.3, -0.25) is 9.36 Å². The lowest BCUT2D eigenvalue weighted by Gasteiger charge is -2.07. The summed E-state index contributed by atoms with van der Waals surface area (Å²) in [5.74, 6) is 0. The van der Waals surface area contributed by atoms with Crippen molar-refractivity contribution in [3.05, 3.63) is 67.8 Å². The Morgan fingerprint density at radius 2 is 2.00 bits per heavy atom. The van der Waals surface area contributed by atoms with Gasteiger partial charge < -0.3 is 4.42 Å². The Morgan fingerprint density at radius 1 is 1.20 bits per heavy atom. The lowest BCUT2D eigenvalue weighted by molar-refractivity contribution is 0.630. The highest BCUT2D eigenvalue weighted by molar-refractivity contribution is 6.35. The van der Waals surface area contributed by atoms with E-state index in [4.69, 9.17) is 27.6 Å². The summed E-state index contributed by atoms with van der Waals surface area (Å²) in [5.41, 5.74) is 3.47. The van der Waals surface area contributed by atoms with E-state index in [1.807, 2.05) is 19.9 Å². The average Bonchev–Trinajstić information content (AvgIpc) is 2.91. The van der Waals surface area contributed by atoms with Gasteiger partial charge in [0.15, 0.2) is 0 Å². The van der Waals surface area contributed by atoms with Gasteiger partial charge in [-0.15, -0.1) is 0 Å². The van der Waals surface area contributed by atoms with Gasteiger partial charge in [-0.05, 0) is 43.2 Å². The van der Waals surface area contributed by atoms with E-state index < -0.39 is 0 Å². The van der Waals surface area contributed by atoms with Gasteiger partial charge in [0.1, 0.15) is 5.52 Å². The molecular formula is C18H13Cl2N3O2. The number of benzene rings is 1. The molecule has 0 radical (unpaired) electrons. The van der Waals surface area contributed by atoms with Crippen LogP contribution in [0.3, 0.4) is 0 Å². The monoisotopic (exact) mass is 373 g/mol. The van der Waals surface area contributed by atoms with Gasteiger partial charge in [-0.2, -0.15) is 0 Å². The summed E-state index contributed by atoms with van der Waals surface area (Å²) in [4.78, 5) is 21.6. The molecule has 1 aromatic carbocycles. The molecule has 0 saturated carbocycles. The second-order valence-corrected chi connectivity index (χ2v) is 6.80. The number of aryl methyl sites for hydroxylation is 2. The molecule has 126 valence electrons. The molecule has 0 N–H and O–H groups in total. The predicted octanol–water partition coefficient (Wildman–Crippen LogP) is 4.51. The molecule has 0 saturated heterocycles. The Labute approximate surface area is 152 Å². The van der Waals surface area contributed by atoms with Gasteiger partial charge in [0.2, 0.25) is 11.3 Å².